The van der Waals surface area contributed by atoms with E-state index in [4.69, 9.17) is 21.1 Å². The van der Waals surface area contributed by atoms with Crippen molar-refractivity contribution in [2.45, 2.75) is 26.2 Å². The van der Waals surface area contributed by atoms with Crippen LogP contribution in [0.4, 0.5) is 0 Å². The van der Waals surface area contributed by atoms with Gasteiger partial charge in [0.1, 0.15) is 24.7 Å². The predicted octanol–water partition coefficient (Wildman–Crippen LogP) is 6.62. The van der Waals surface area contributed by atoms with E-state index in [1.807, 2.05) is 30.3 Å². The molecule has 7 heteroatoms. The zero-order valence-electron chi connectivity index (χ0n) is 18.8. The molecule has 172 valence electrons. The van der Waals surface area contributed by atoms with E-state index in [2.05, 4.69) is 59.4 Å². The molecule has 3 aromatic rings. The van der Waals surface area contributed by atoms with Gasteiger partial charge < -0.3 is 9.47 Å². The molecule has 0 radical (unpaired) electrons. The summed E-state index contributed by atoms with van der Waals surface area (Å²) < 4.78 is 12.5. The second-order valence-electron chi connectivity index (χ2n) is 8.36. The molecule has 0 saturated carbocycles. The highest BCUT2D eigenvalue weighted by Gasteiger charge is 2.13. The number of hydrogen-bond donors (Lipinski definition) is 1. The summed E-state index contributed by atoms with van der Waals surface area (Å²) in [5.74, 6) is 1.08. The topological polar surface area (TPSA) is 59.9 Å². The van der Waals surface area contributed by atoms with E-state index in [9.17, 15) is 4.79 Å². The van der Waals surface area contributed by atoms with Crippen molar-refractivity contribution in [3.63, 3.8) is 0 Å². The molecule has 0 aliphatic rings. The third-order valence-electron chi connectivity index (χ3n) is 4.76. The Morgan fingerprint density at radius 3 is 2.45 bits per heavy atom. The molecule has 0 aliphatic heterocycles. The maximum absolute atomic E-state index is 12.2. The van der Waals surface area contributed by atoms with E-state index in [1.165, 1.54) is 11.8 Å². The Bertz CT molecular complexity index is 1130. The van der Waals surface area contributed by atoms with Crippen molar-refractivity contribution < 1.29 is 14.3 Å². The molecule has 0 aliphatic carbocycles. The van der Waals surface area contributed by atoms with E-state index in [1.54, 1.807) is 24.3 Å². The number of nitrogens with zero attached hydrogens (tertiary/aromatic N) is 1. The van der Waals surface area contributed by atoms with Gasteiger partial charge in [0.25, 0.3) is 5.91 Å². The van der Waals surface area contributed by atoms with Crippen molar-refractivity contribution in [3.8, 4) is 11.5 Å². The highest BCUT2D eigenvalue weighted by atomic mass is 79.9. The number of rotatable bonds is 8. The molecule has 0 unspecified atom stereocenters. The Hall–Kier alpha value is -2.83. The minimum Gasteiger partial charge on any atom is -0.490 e. The zero-order chi connectivity index (χ0) is 23.8. The molecule has 1 amide bonds. The van der Waals surface area contributed by atoms with Crippen LogP contribution in [0, 0.1) is 0 Å². The van der Waals surface area contributed by atoms with Gasteiger partial charge >= 0.3 is 0 Å². The monoisotopic (exact) mass is 528 g/mol. The van der Waals surface area contributed by atoms with Gasteiger partial charge in [-0.1, -0.05) is 66.5 Å². The van der Waals surface area contributed by atoms with Gasteiger partial charge in [0.15, 0.2) is 0 Å². The lowest BCUT2D eigenvalue weighted by Gasteiger charge is -2.19. The van der Waals surface area contributed by atoms with Crippen LogP contribution < -0.4 is 14.9 Å². The van der Waals surface area contributed by atoms with Gasteiger partial charge in [-0.15, -0.1) is 0 Å². The molecule has 3 rings (SSSR count). The van der Waals surface area contributed by atoms with E-state index in [0.717, 1.165) is 10.2 Å². The Morgan fingerprint density at radius 1 is 1.03 bits per heavy atom. The summed E-state index contributed by atoms with van der Waals surface area (Å²) in [6.07, 6.45) is 1.54. The standard InChI is InChI=1S/C26H26BrClN2O3/c1-26(2,3)20-7-10-23(11-8-20)32-13-14-33-24-12-9-21(27)15-19(24)17-29-30-25(31)18-5-4-6-22(28)16-18/h4-12,15-17H,13-14H2,1-3H3,(H,30,31)/b29-17+. The molecule has 0 heterocycles. The largest absolute Gasteiger partial charge is 0.490 e. The summed E-state index contributed by atoms with van der Waals surface area (Å²) in [6.45, 7) is 7.29. The molecule has 3 aromatic carbocycles. The average molecular weight is 530 g/mol. The molecular weight excluding hydrogens is 504 g/mol. The van der Waals surface area contributed by atoms with E-state index in [0.29, 0.717) is 35.1 Å². The summed E-state index contributed by atoms with van der Waals surface area (Å²) in [5, 5.41) is 4.54. The van der Waals surface area contributed by atoms with Crippen LogP contribution in [-0.4, -0.2) is 25.3 Å². The summed E-state index contributed by atoms with van der Waals surface area (Å²) in [5.41, 5.74) is 5.01. The molecule has 33 heavy (non-hydrogen) atoms. The van der Waals surface area contributed by atoms with Crippen molar-refractivity contribution in [1.29, 1.82) is 0 Å². The maximum Gasteiger partial charge on any atom is 0.271 e. The predicted molar refractivity (Wildman–Crippen MR) is 137 cm³/mol. The Kier molecular flexibility index (Phi) is 8.53. The van der Waals surface area contributed by atoms with Crippen LogP contribution >= 0.6 is 27.5 Å². The van der Waals surface area contributed by atoms with Gasteiger partial charge in [0, 0.05) is 20.6 Å². The number of nitrogens with one attached hydrogen (secondary N) is 1. The number of benzene rings is 3. The van der Waals surface area contributed by atoms with Crippen molar-refractivity contribution in [2.24, 2.45) is 5.10 Å². The zero-order valence-corrected chi connectivity index (χ0v) is 21.1. The Labute approximate surface area is 207 Å². The van der Waals surface area contributed by atoms with Crippen molar-refractivity contribution in [1.82, 2.24) is 5.43 Å². The first kappa shape index (κ1) is 24.8. The molecule has 0 atom stereocenters. The highest BCUT2D eigenvalue weighted by Crippen LogP contribution is 2.25. The average Bonchev–Trinajstić information content (AvgIpc) is 2.77. The molecular formula is C26H26BrClN2O3. The van der Waals surface area contributed by atoms with Gasteiger partial charge in [-0.25, -0.2) is 5.43 Å². The fourth-order valence-corrected chi connectivity index (χ4v) is 3.54. The fourth-order valence-electron chi connectivity index (χ4n) is 2.97. The van der Waals surface area contributed by atoms with Crippen LogP contribution in [0.15, 0.2) is 76.3 Å². The first-order valence-corrected chi connectivity index (χ1v) is 11.6. The van der Waals surface area contributed by atoms with Crippen LogP contribution in [0.25, 0.3) is 0 Å². The normalized spacial score (nSPS) is 11.4. The van der Waals surface area contributed by atoms with Crippen LogP contribution in [0.1, 0.15) is 42.3 Å². The number of hydrogen-bond acceptors (Lipinski definition) is 4. The van der Waals surface area contributed by atoms with Crippen molar-refractivity contribution >= 4 is 39.7 Å². The van der Waals surface area contributed by atoms with Crippen LogP contribution in [0.2, 0.25) is 5.02 Å². The lowest BCUT2D eigenvalue weighted by atomic mass is 9.87. The van der Waals surface area contributed by atoms with E-state index < -0.39 is 0 Å². The second-order valence-corrected chi connectivity index (χ2v) is 9.72. The molecule has 5 nitrogen and oxygen atoms in total. The molecule has 0 fully saturated rings. The van der Waals surface area contributed by atoms with Crippen LogP contribution in [0.3, 0.4) is 0 Å². The highest BCUT2D eigenvalue weighted by molar-refractivity contribution is 9.10. The summed E-state index contributed by atoms with van der Waals surface area (Å²) in [4.78, 5) is 12.2. The summed E-state index contributed by atoms with van der Waals surface area (Å²) >= 11 is 9.38. The summed E-state index contributed by atoms with van der Waals surface area (Å²) in [6, 6.07) is 20.3. The van der Waals surface area contributed by atoms with Crippen LogP contribution in [0.5, 0.6) is 11.5 Å². The number of carbonyl (C=O) groups is 1. The van der Waals surface area contributed by atoms with Crippen LogP contribution in [-0.2, 0) is 5.41 Å². The molecule has 1 N–H and O–H groups in total. The third kappa shape index (κ3) is 7.62. The molecule has 0 saturated heterocycles. The number of carbonyl (C=O) groups excluding carboxylic acids is 1. The minimum atomic E-state index is -0.350. The van der Waals surface area contributed by atoms with Crippen molar-refractivity contribution in [3.05, 3.63) is 92.9 Å². The summed E-state index contributed by atoms with van der Waals surface area (Å²) in [7, 11) is 0. The fraction of sp³-hybridized carbons (Fsp3) is 0.231. The second kappa shape index (κ2) is 11.3. The number of ether oxygens (including phenoxy) is 2. The Balaban J connectivity index is 1.55. The molecule has 0 spiro atoms. The van der Waals surface area contributed by atoms with Gasteiger partial charge in [0.2, 0.25) is 0 Å². The van der Waals surface area contributed by atoms with E-state index in [-0.39, 0.29) is 11.3 Å². The first-order valence-electron chi connectivity index (χ1n) is 10.5. The lowest BCUT2D eigenvalue weighted by Crippen LogP contribution is -2.17. The van der Waals surface area contributed by atoms with Gasteiger partial charge in [-0.3, -0.25) is 4.79 Å². The van der Waals surface area contributed by atoms with Gasteiger partial charge in [-0.2, -0.15) is 5.10 Å². The number of amides is 1. The molecule has 0 aromatic heterocycles. The minimum absolute atomic E-state index is 0.106. The SMILES string of the molecule is CC(C)(C)c1ccc(OCCOc2ccc(Br)cc2/C=N/NC(=O)c2cccc(Cl)c2)cc1. The third-order valence-corrected chi connectivity index (χ3v) is 5.49. The smallest absolute Gasteiger partial charge is 0.271 e. The number of halogens is 2. The quantitative estimate of drug-likeness (QED) is 0.203. The van der Waals surface area contributed by atoms with Gasteiger partial charge in [-0.05, 0) is 59.5 Å². The van der Waals surface area contributed by atoms with Crippen molar-refractivity contribution in [2.75, 3.05) is 13.2 Å². The number of hydrazone groups is 1. The van der Waals surface area contributed by atoms with E-state index >= 15 is 0 Å². The Morgan fingerprint density at radius 2 is 1.76 bits per heavy atom. The lowest BCUT2D eigenvalue weighted by molar-refractivity contribution is 0.0955. The first-order chi connectivity index (χ1) is 15.7. The van der Waals surface area contributed by atoms with Gasteiger partial charge in [0.05, 0.1) is 6.21 Å². The maximum atomic E-state index is 12.2. The molecule has 0 bridgehead atoms.